The minimum Gasteiger partial charge on any atom is -0.494 e. The van der Waals surface area contributed by atoms with Crippen molar-refractivity contribution in [2.75, 3.05) is 11.9 Å². The molecule has 1 N–H and O–H groups in total. The first-order valence-corrected chi connectivity index (χ1v) is 6.45. The molecule has 0 atom stereocenters. The quantitative estimate of drug-likeness (QED) is 0.645. The zero-order valence-corrected chi connectivity index (χ0v) is 11.0. The van der Waals surface area contributed by atoms with Crippen LogP contribution in [0.25, 0.3) is 0 Å². The molecule has 1 heterocycles. The predicted molar refractivity (Wildman–Crippen MR) is 71.5 cm³/mol. The lowest BCUT2D eigenvalue weighted by molar-refractivity contribution is -0.384. The van der Waals surface area contributed by atoms with Crippen LogP contribution >= 0.6 is 11.5 Å². The van der Waals surface area contributed by atoms with Gasteiger partial charge in [0.1, 0.15) is 11.4 Å². The van der Waals surface area contributed by atoms with Gasteiger partial charge in [-0.3, -0.25) is 10.1 Å². The van der Waals surface area contributed by atoms with E-state index in [1.54, 1.807) is 17.5 Å². The molecule has 7 nitrogen and oxygen atoms in total. The van der Waals surface area contributed by atoms with Gasteiger partial charge in [-0.15, -0.1) is 5.10 Å². The highest BCUT2D eigenvalue weighted by Gasteiger charge is 2.15. The maximum absolute atomic E-state index is 11.0. The summed E-state index contributed by atoms with van der Waals surface area (Å²) >= 11 is 1.24. The molecule has 8 heteroatoms. The molecule has 0 saturated heterocycles. The molecule has 0 aliphatic heterocycles. The van der Waals surface area contributed by atoms with Gasteiger partial charge in [0.25, 0.3) is 5.69 Å². The van der Waals surface area contributed by atoms with Crippen molar-refractivity contribution in [3.63, 3.8) is 0 Å². The largest absolute Gasteiger partial charge is 0.494 e. The molecule has 19 heavy (non-hydrogen) atoms. The minimum absolute atomic E-state index is 0.0193. The Morgan fingerprint density at radius 3 is 3.00 bits per heavy atom. The molecule has 0 spiro atoms. The summed E-state index contributed by atoms with van der Waals surface area (Å²) in [4.78, 5) is 10.6. The van der Waals surface area contributed by atoms with Crippen LogP contribution < -0.4 is 10.1 Å². The fourth-order valence-electron chi connectivity index (χ4n) is 1.52. The second-order valence-corrected chi connectivity index (χ2v) is 4.23. The molecule has 1 aromatic heterocycles. The summed E-state index contributed by atoms with van der Waals surface area (Å²) in [5, 5.41) is 19.6. The van der Waals surface area contributed by atoms with E-state index in [1.807, 2.05) is 6.92 Å². The Morgan fingerprint density at radius 2 is 2.37 bits per heavy atom. The first kappa shape index (κ1) is 13.2. The van der Waals surface area contributed by atoms with E-state index in [9.17, 15) is 10.1 Å². The van der Waals surface area contributed by atoms with E-state index < -0.39 is 4.92 Å². The lowest BCUT2D eigenvalue weighted by Crippen LogP contribution is -2.03. The molecule has 0 unspecified atom stereocenters. The van der Waals surface area contributed by atoms with Crippen molar-refractivity contribution < 1.29 is 9.66 Å². The lowest BCUT2D eigenvalue weighted by Gasteiger charge is -2.07. The number of anilines is 1. The zero-order valence-electron chi connectivity index (χ0n) is 10.2. The number of nitro groups is 1. The number of hydrogen-bond donors (Lipinski definition) is 1. The van der Waals surface area contributed by atoms with Gasteiger partial charge in [0.05, 0.1) is 29.8 Å². The maximum atomic E-state index is 11.0. The number of nitrogens with zero attached hydrogens (tertiary/aromatic N) is 3. The smallest absolute Gasteiger partial charge is 0.296 e. The fraction of sp³-hybridized carbons (Fsp3) is 0.273. The third-order valence-electron chi connectivity index (χ3n) is 2.34. The van der Waals surface area contributed by atoms with Crippen LogP contribution in [0.1, 0.15) is 12.6 Å². The Hall–Kier alpha value is -2.22. The highest BCUT2D eigenvalue weighted by molar-refractivity contribution is 7.03. The second kappa shape index (κ2) is 6.10. The predicted octanol–water partition coefficient (Wildman–Crippen LogP) is 2.46. The van der Waals surface area contributed by atoms with E-state index in [0.717, 1.165) is 5.69 Å². The Balaban J connectivity index is 2.16. The van der Waals surface area contributed by atoms with Crippen molar-refractivity contribution in [2.45, 2.75) is 13.5 Å². The lowest BCUT2D eigenvalue weighted by atomic mass is 10.2. The summed E-state index contributed by atoms with van der Waals surface area (Å²) < 4.78 is 8.98. The highest BCUT2D eigenvalue weighted by atomic mass is 32.1. The number of aromatic nitrogens is 2. The average Bonchev–Trinajstić information content (AvgIpc) is 2.90. The summed E-state index contributed by atoms with van der Waals surface area (Å²) in [5.74, 6) is 0.482. The normalized spacial score (nSPS) is 10.2. The van der Waals surface area contributed by atoms with Crippen molar-refractivity contribution in [1.82, 2.24) is 9.59 Å². The topological polar surface area (TPSA) is 90.2 Å². The van der Waals surface area contributed by atoms with Gasteiger partial charge < -0.3 is 10.1 Å². The molecule has 0 fully saturated rings. The van der Waals surface area contributed by atoms with E-state index in [1.165, 1.54) is 17.6 Å². The van der Waals surface area contributed by atoms with Gasteiger partial charge in [-0.05, 0) is 30.6 Å². The number of rotatable bonds is 6. The molecule has 100 valence electrons. The molecule has 0 amide bonds. The summed E-state index contributed by atoms with van der Waals surface area (Å²) in [5.41, 5.74) is 1.16. The molecular weight excluding hydrogens is 268 g/mol. The molecule has 0 aliphatic rings. The van der Waals surface area contributed by atoms with Crippen molar-refractivity contribution in [3.8, 4) is 5.75 Å². The third kappa shape index (κ3) is 3.38. The monoisotopic (exact) mass is 280 g/mol. The standard InChI is InChI=1S/C11H12N4O3S/c1-2-18-9-3-4-10(11(5-9)15(16)17)12-6-8-7-19-14-13-8/h3-5,7,12H,2,6H2,1H3. The molecular formula is C11H12N4O3S. The first-order chi connectivity index (χ1) is 9.20. The Bertz CT molecular complexity index is 559. The summed E-state index contributed by atoms with van der Waals surface area (Å²) in [7, 11) is 0. The van der Waals surface area contributed by atoms with Crippen LogP contribution in [0.5, 0.6) is 5.75 Å². The van der Waals surface area contributed by atoms with Gasteiger partial charge in [0, 0.05) is 5.38 Å². The number of nitrogens with one attached hydrogen (secondary N) is 1. The molecule has 2 rings (SSSR count). The van der Waals surface area contributed by atoms with Crippen molar-refractivity contribution in [1.29, 1.82) is 0 Å². The number of benzene rings is 1. The highest BCUT2D eigenvalue weighted by Crippen LogP contribution is 2.29. The van der Waals surface area contributed by atoms with Crippen LogP contribution in [0.4, 0.5) is 11.4 Å². The number of hydrogen-bond acceptors (Lipinski definition) is 7. The van der Waals surface area contributed by atoms with Crippen molar-refractivity contribution in [2.24, 2.45) is 0 Å². The van der Waals surface area contributed by atoms with Crippen LogP contribution in [0.3, 0.4) is 0 Å². The summed E-state index contributed by atoms with van der Waals surface area (Å²) in [6, 6.07) is 4.73. The van der Waals surface area contributed by atoms with E-state index >= 15 is 0 Å². The van der Waals surface area contributed by atoms with E-state index in [-0.39, 0.29) is 5.69 Å². The van der Waals surface area contributed by atoms with Crippen LogP contribution in [-0.2, 0) is 6.54 Å². The Kier molecular flexibility index (Phi) is 4.24. The van der Waals surface area contributed by atoms with Crippen molar-refractivity contribution >= 4 is 22.9 Å². The van der Waals surface area contributed by atoms with Crippen LogP contribution in [0.15, 0.2) is 23.6 Å². The average molecular weight is 280 g/mol. The number of nitro benzene ring substituents is 1. The second-order valence-electron chi connectivity index (χ2n) is 3.62. The molecule has 1 aromatic carbocycles. The Morgan fingerprint density at radius 1 is 1.53 bits per heavy atom. The molecule has 0 bridgehead atoms. The molecule has 2 aromatic rings. The zero-order chi connectivity index (χ0) is 13.7. The molecule has 0 saturated carbocycles. The Labute approximate surface area is 113 Å². The van der Waals surface area contributed by atoms with Crippen LogP contribution in [0.2, 0.25) is 0 Å². The van der Waals surface area contributed by atoms with Gasteiger partial charge >= 0.3 is 0 Å². The van der Waals surface area contributed by atoms with Crippen molar-refractivity contribution in [3.05, 3.63) is 39.4 Å². The third-order valence-corrected chi connectivity index (χ3v) is 2.90. The van der Waals surface area contributed by atoms with Gasteiger partial charge in [-0.2, -0.15) is 0 Å². The van der Waals surface area contributed by atoms with E-state index in [0.29, 0.717) is 24.6 Å². The SMILES string of the molecule is CCOc1ccc(NCc2csnn2)c([N+](=O)[O-])c1. The van der Waals surface area contributed by atoms with Gasteiger partial charge in [0.15, 0.2) is 0 Å². The fourth-order valence-corrected chi connectivity index (χ4v) is 1.97. The van der Waals surface area contributed by atoms with Gasteiger partial charge in [0.2, 0.25) is 0 Å². The first-order valence-electron chi connectivity index (χ1n) is 5.61. The summed E-state index contributed by atoms with van der Waals surface area (Å²) in [6.45, 7) is 2.69. The van der Waals surface area contributed by atoms with E-state index in [2.05, 4.69) is 14.9 Å². The molecule has 0 aliphatic carbocycles. The molecule has 0 radical (unpaired) electrons. The van der Waals surface area contributed by atoms with Gasteiger partial charge in [-0.1, -0.05) is 4.49 Å². The summed E-state index contributed by atoms with van der Waals surface area (Å²) in [6.07, 6.45) is 0. The van der Waals surface area contributed by atoms with Crippen LogP contribution in [-0.4, -0.2) is 21.1 Å². The van der Waals surface area contributed by atoms with Crippen LogP contribution in [0, 0.1) is 10.1 Å². The number of ether oxygens (including phenoxy) is 1. The maximum Gasteiger partial charge on any atom is 0.296 e. The van der Waals surface area contributed by atoms with E-state index in [4.69, 9.17) is 4.74 Å². The van der Waals surface area contributed by atoms with Gasteiger partial charge in [-0.25, -0.2) is 0 Å². The minimum atomic E-state index is -0.440.